The van der Waals surface area contributed by atoms with Crippen molar-refractivity contribution in [1.29, 1.82) is 0 Å². The van der Waals surface area contributed by atoms with E-state index < -0.39 is 12.0 Å². The Kier molecular flexibility index (Phi) is 5.49. The van der Waals surface area contributed by atoms with E-state index in [4.69, 9.17) is 21.1 Å². The fourth-order valence-electron chi connectivity index (χ4n) is 2.61. The molecule has 1 atom stereocenters. The maximum absolute atomic E-state index is 12.7. The molecule has 136 valence electrons. The number of halogens is 1. The summed E-state index contributed by atoms with van der Waals surface area (Å²) in [4.78, 5) is 25.3. The Morgan fingerprint density at radius 1 is 1.23 bits per heavy atom. The monoisotopic (exact) mass is 392 g/mol. The fraction of sp³-hybridized carbons (Fsp3) is 0.222. The van der Waals surface area contributed by atoms with Gasteiger partial charge in [-0.05, 0) is 36.8 Å². The highest BCUT2D eigenvalue weighted by Crippen LogP contribution is 2.34. The third-order valence-corrected chi connectivity index (χ3v) is 5.19. The lowest BCUT2D eigenvalue weighted by Crippen LogP contribution is -2.45. The maximum atomic E-state index is 12.7. The van der Waals surface area contributed by atoms with E-state index in [0.717, 1.165) is 16.2 Å². The van der Waals surface area contributed by atoms with Gasteiger partial charge in [-0.1, -0.05) is 23.7 Å². The lowest BCUT2D eigenvalue weighted by atomic mass is 10.0. The lowest BCUT2D eigenvalue weighted by molar-refractivity contribution is -0.140. The Hall–Kier alpha value is -2.51. The molecule has 2 heterocycles. The summed E-state index contributed by atoms with van der Waals surface area (Å²) in [6.45, 7) is 1.79. The molecule has 1 aromatic carbocycles. The van der Waals surface area contributed by atoms with Crippen molar-refractivity contribution in [2.45, 2.75) is 19.6 Å². The molecular weight excluding hydrogens is 376 g/mol. The number of esters is 1. The molecule has 0 aliphatic carbocycles. The lowest BCUT2D eigenvalue weighted by Gasteiger charge is -2.27. The summed E-state index contributed by atoms with van der Waals surface area (Å²) in [7, 11) is 1.59. The quantitative estimate of drug-likeness (QED) is 0.759. The van der Waals surface area contributed by atoms with Gasteiger partial charge in [0.15, 0.2) is 0 Å². The molecule has 0 saturated heterocycles. The third kappa shape index (κ3) is 4.00. The van der Waals surface area contributed by atoms with Crippen LogP contribution in [0.25, 0.3) is 0 Å². The molecule has 6 nitrogen and oxygen atoms in total. The number of allylic oxidation sites excluding steroid dienone is 1. The van der Waals surface area contributed by atoms with E-state index in [0.29, 0.717) is 15.6 Å². The van der Waals surface area contributed by atoms with Crippen LogP contribution in [-0.2, 0) is 16.1 Å². The number of amides is 2. The second-order valence-corrected chi connectivity index (χ2v) is 7.38. The molecule has 3 rings (SSSR count). The molecule has 0 bridgehead atoms. The number of hydrogen-bond donors (Lipinski definition) is 2. The zero-order chi connectivity index (χ0) is 18.7. The maximum Gasteiger partial charge on any atom is 0.338 e. The number of thiophene rings is 1. The van der Waals surface area contributed by atoms with Crippen LogP contribution in [0.4, 0.5) is 4.79 Å². The van der Waals surface area contributed by atoms with E-state index in [2.05, 4.69) is 10.6 Å². The Labute approximate surface area is 159 Å². The zero-order valence-corrected chi connectivity index (χ0v) is 15.7. The van der Waals surface area contributed by atoms with Crippen molar-refractivity contribution in [3.05, 3.63) is 62.4 Å². The molecule has 1 aliphatic rings. The molecular formula is C18H17ClN2O4S. The van der Waals surface area contributed by atoms with Crippen molar-refractivity contribution in [3.8, 4) is 5.75 Å². The van der Waals surface area contributed by atoms with Gasteiger partial charge >= 0.3 is 12.0 Å². The highest BCUT2D eigenvalue weighted by molar-refractivity contribution is 7.16. The van der Waals surface area contributed by atoms with E-state index >= 15 is 0 Å². The minimum absolute atomic E-state index is 0.117. The van der Waals surface area contributed by atoms with Crippen LogP contribution in [-0.4, -0.2) is 19.1 Å². The molecule has 1 aromatic heterocycles. The first-order chi connectivity index (χ1) is 12.5. The number of ether oxygens (including phenoxy) is 2. The Balaban J connectivity index is 1.77. The van der Waals surface area contributed by atoms with Crippen LogP contribution in [0.3, 0.4) is 0 Å². The van der Waals surface area contributed by atoms with Crippen molar-refractivity contribution in [2.24, 2.45) is 0 Å². The van der Waals surface area contributed by atoms with Crippen LogP contribution in [0.2, 0.25) is 4.34 Å². The van der Waals surface area contributed by atoms with Crippen LogP contribution in [0.5, 0.6) is 5.75 Å². The molecule has 8 heteroatoms. The molecule has 1 unspecified atom stereocenters. The van der Waals surface area contributed by atoms with Crippen molar-refractivity contribution < 1.29 is 19.1 Å². The minimum Gasteiger partial charge on any atom is -0.497 e. The highest BCUT2D eigenvalue weighted by atomic mass is 35.5. The predicted molar refractivity (Wildman–Crippen MR) is 99.2 cm³/mol. The van der Waals surface area contributed by atoms with Crippen LogP contribution >= 0.6 is 22.9 Å². The number of benzene rings is 1. The first kappa shape index (κ1) is 18.3. The Bertz CT molecular complexity index is 860. The highest BCUT2D eigenvalue weighted by Gasteiger charge is 2.33. The first-order valence-corrected chi connectivity index (χ1v) is 9.01. The average molecular weight is 393 g/mol. The van der Waals surface area contributed by atoms with E-state index in [9.17, 15) is 9.59 Å². The molecule has 0 fully saturated rings. The molecule has 2 N–H and O–H groups in total. The Morgan fingerprint density at radius 3 is 2.58 bits per heavy atom. The van der Waals surface area contributed by atoms with Gasteiger partial charge in [0, 0.05) is 10.6 Å². The zero-order valence-electron chi connectivity index (χ0n) is 14.2. The smallest absolute Gasteiger partial charge is 0.338 e. The summed E-state index contributed by atoms with van der Waals surface area (Å²) in [5, 5.41) is 5.36. The number of methoxy groups -OCH3 is 1. The first-order valence-electron chi connectivity index (χ1n) is 7.81. The molecule has 0 saturated carbocycles. The van der Waals surface area contributed by atoms with Crippen LogP contribution in [0, 0.1) is 0 Å². The number of urea groups is 1. The van der Waals surface area contributed by atoms with Crippen molar-refractivity contribution in [3.63, 3.8) is 0 Å². The van der Waals surface area contributed by atoms with Gasteiger partial charge in [0.25, 0.3) is 0 Å². The summed E-state index contributed by atoms with van der Waals surface area (Å²) in [6.07, 6.45) is 0. The number of carbonyl (C=O) groups excluding carboxylic acids is 2. The number of hydrogen-bond acceptors (Lipinski definition) is 5. The molecule has 26 heavy (non-hydrogen) atoms. The van der Waals surface area contributed by atoms with E-state index in [1.165, 1.54) is 11.3 Å². The van der Waals surface area contributed by atoms with Crippen LogP contribution in [0.1, 0.15) is 23.4 Å². The topological polar surface area (TPSA) is 76.7 Å². The fourth-order valence-corrected chi connectivity index (χ4v) is 3.73. The largest absolute Gasteiger partial charge is 0.497 e. The summed E-state index contributed by atoms with van der Waals surface area (Å²) in [5.41, 5.74) is 1.65. The van der Waals surface area contributed by atoms with Crippen LogP contribution < -0.4 is 15.4 Å². The van der Waals surface area contributed by atoms with Gasteiger partial charge in [-0.25, -0.2) is 9.59 Å². The second kappa shape index (κ2) is 7.80. The van der Waals surface area contributed by atoms with Crippen molar-refractivity contribution in [1.82, 2.24) is 10.6 Å². The van der Waals surface area contributed by atoms with Crippen molar-refractivity contribution >= 4 is 34.9 Å². The van der Waals surface area contributed by atoms with Gasteiger partial charge in [-0.2, -0.15) is 0 Å². The summed E-state index contributed by atoms with van der Waals surface area (Å²) in [5.74, 6) is 0.229. The molecule has 0 spiro atoms. The van der Waals surface area contributed by atoms with Gasteiger partial charge in [0.2, 0.25) is 0 Å². The molecule has 0 radical (unpaired) electrons. The number of carbonyl (C=O) groups is 2. The van der Waals surface area contributed by atoms with Gasteiger partial charge < -0.3 is 20.1 Å². The second-order valence-electron chi connectivity index (χ2n) is 5.64. The van der Waals surface area contributed by atoms with Gasteiger partial charge in [-0.15, -0.1) is 11.3 Å². The van der Waals surface area contributed by atoms with Gasteiger partial charge in [0.1, 0.15) is 12.4 Å². The molecule has 2 amide bonds. The number of nitrogens with one attached hydrogen (secondary N) is 2. The van der Waals surface area contributed by atoms with Gasteiger partial charge in [0.05, 0.1) is 23.1 Å². The predicted octanol–water partition coefficient (Wildman–Crippen LogP) is 3.78. The SMILES string of the molecule is COc1ccc(COC(=O)C2=C(C)NC(=O)NC2c2ccc(Cl)s2)cc1. The normalized spacial score (nSPS) is 16.7. The van der Waals surface area contributed by atoms with E-state index in [-0.39, 0.29) is 12.6 Å². The van der Waals surface area contributed by atoms with Crippen molar-refractivity contribution in [2.75, 3.05) is 7.11 Å². The number of rotatable bonds is 5. The van der Waals surface area contributed by atoms with E-state index in [1.807, 2.05) is 12.1 Å². The summed E-state index contributed by atoms with van der Waals surface area (Å²) < 4.78 is 11.1. The van der Waals surface area contributed by atoms with Crippen LogP contribution in [0.15, 0.2) is 47.7 Å². The minimum atomic E-state index is -0.593. The standard InChI is InChI=1S/C18H17ClN2O4S/c1-10-15(16(21-18(23)20-10)13-7-8-14(19)26-13)17(22)25-9-11-3-5-12(24-2)6-4-11/h3-8,16H,9H2,1-2H3,(H2,20,21,23). The summed E-state index contributed by atoms with van der Waals surface area (Å²) >= 11 is 7.30. The Morgan fingerprint density at radius 2 is 1.96 bits per heavy atom. The molecule has 1 aliphatic heterocycles. The van der Waals surface area contributed by atoms with Gasteiger partial charge in [-0.3, -0.25) is 0 Å². The average Bonchev–Trinajstić information content (AvgIpc) is 3.06. The molecule has 2 aromatic rings. The van der Waals surface area contributed by atoms with E-state index in [1.54, 1.807) is 38.3 Å². The summed E-state index contributed by atoms with van der Waals surface area (Å²) in [6, 6.07) is 9.79. The third-order valence-electron chi connectivity index (χ3n) is 3.90.